The van der Waals surface area contributed by atoms with Gasteiger partial charge in [0.15, 0.2) is 11.6 Å². The Morgan fingerprint density at radius 2 is 1.86 bits per heavy atom. The SMILES string of the molecule is CCN(C)C(=O)c1cc(-n2ncnc2[C@H](C)N(C)C(=O)Nc2cnc(C(F)(F)F)cc2Br)ncn1. The van der Waals surface area contributed by atoms with Gasteiger partial charge in [0.25, 0.3) is 5.91 Å². The number of urea groups is 1. The quantitative estimate of drug-likeness (QED) is 0.493. The first-order valence-corrected chi connectivity index (χ1v) is 11.0. The summed E-state index contributed by atoms with van der Waals surface area (Å²) >= 11 is 3.02. The molecule has 3 rings (SSSR count). The van der Waals surface area contributed by atoms with Gasteiger partial charge in [-0.15, -0.1) is 0 Å². The molecule has 186 valence electrons. The van der Waals surface area contributed by atoms with Crippen LogP contribution in [-0.2, 0) is 6.18 Å². The second kappa shape index (κ2) is 10.3. The molecule has 0 aliphatic carbocycles. The highest BCUT2D eigenvalue weighted by Crippen LogP contribution is 2.32. The first-order chi connectivity index (χ1) is 16.4. The Hall–Kier alpha value is -3.62. The van der Waals surface area contributed by atoms with E-state index in [1.54, 1.807) is 14.0 Å². The maximum Gasteiger partial charge on any atom is 0.433 e. The van der Waals surface area contributed by atoms with Gasteiger partial charge in [0.05, 0.1) is 17.9 Å². The van der Waals surface area contributed by atoms with Crippen LogP contribution in [-0.4, -0.2) is 72.1 Å². The third-order valence-corrected chi connectivity index (χ3v) is 5.80. The van der Waals surface area contributed by atoms with Crippen molar-refractivity contribution in [2.75, 3.05) is 26.0 Å². The van der Waals surface area contributed by atoms with E-state index in [0.29, 0.717) is 12.4 Å². The van der Waals surface area contributed by atoms with Crippen LogP contribution < -0.4 is 5.32 Å². The average molecular weight is 556 g/mol. The molecule has 1 N–H and O–H groups in total. The van der Waals surface area contributed by atoms with Crippen molar-refractivity contribution >= 4 is 33.6 Å². The molecular weight excluding hydrogens is 535 g/mol. The van der Waals surface area contributed by atoms with Crippen LogP contribution in [0.1, 0.15) is 41.9 Å². The molecule has 3 amide bonds. The summed E-state index contributed by atoms with van der Waals surface area (Å²) in [6.07, 6.45) is -1.19. The van der Waals surface area contributed by atoms with Crippen molar-refractivity contribution in [3.63, 3.8) is 0 Å². The molecule has 0 fully saturated rings. The summed E-state index contributed by atoms with van der Waals surface area (Å²) in [6.45, 7) is 4.00. The van der Waals surface area contributed by atoms with E-state index in [1.807, 2.05) is 6.92 Å². The number of anilines is 1. The Labute approximate surface area is 206 Å². The van der Waals surface area contributed by atoms with Gasteiger partial charge < -0.3 is 15.1 Å². The van der Waals surface area contributed by atoms with E-state index in [-0.39, 0.29) is 27.6 Å². The Kier molecular flexibility index (Phi) is 7.67. The monoisotopic (exact) mass is 555 g/mol. The summed E-state index contributed by atoms with van der Waals surface area (Å²) in [5.41, 5.74) is -0.869. The molecule has 15 heteroatoms. The number of carbonyl (C=O) groups is 2. The molecule has 1 atom stereocenters. The highest BCUT2D eigenvalue weighted by molar-refractivity contribution is 9.10. The molecule has 3 heterocycles. The van der Waals surface area contributed by atoms with Crippen LogP contribution in [0.3, 0.4) is 0 Å². The van der Waals surface area contributed by atoms with Gasteiger partial charge >= 0.3 is 12.2 Å². The van der Waals surface area contributed by atoms with Crippen molar-refractivity contribution in [1.29, 1.82) is 0 Å². The summed E-state index contributed by atoms with van der Waals surface area (Å²) in [6, 6.07) is 0.966. The normalized spacial score (nSPS) is 12.2. The number of amides is 3. The van der Waals surface area contributed by atoms with E-state index >= 15 is 0 Å². The number of carbonyl (C=O) groups excluding carboxylic acids is 2. The number of hydrogen-bond donors (Lipinski definition) is 1. The zero-order valence-corrected chi connectivity index (χ0v) is 20.7. The fraction of sp³-hybridized carbons (Fsp3) is 0.350. The van der Waals surface area contributed by atoms with Gasteiger partial charge in [-0.3, -0.25) is 4.79 Å². The fourth-order valence-corrected chi connectivity index (χ4v) is 3.28. The number of nitrogens with one attached hydrogen (secondary N) is 1. The molecule has 0 saturated heterocycles. The van der Waals surface area contributed by atoms with Crippen LogP contribution in [0.2, 0.25) is 0 Å². The molecule has 0 radical (unpaired) electrons. The molecule has 0 aromatic carbocycles. The summed E-state index contributed by atoms with van der Waals surface area (Å²) in [4.78, 5) is 43.7. The van der Waals surface area contributed by atoms with Crippen molar-refractivity contribution in [1.82, 2.24) is 39.5 Å². The molecule has 3 aromatic heterocycles. The fourth-order valence-electron chi connectivity index (χ4n) is 2.86. The smallest absolute Gasteiger partial charge is 0.341 e. The summed E-state index contributed by atoms with van der Waals surface area (Å²) in [5.74, 6) is 0.307. The molecule has 0 unspecified atom stereocenters. The zero-order chi connectivity index (χ0) is 25.9. The molecule has 3 aromatic rings. The number of halogens is 4. The molecule has 35 heavy (non-hydrogen) atoms. The zero-order valence-electron chi connectivity index (χ0n) is 19.1. The van der Waals surface area contributed by atoms with E-state index in [2.05, 4.69) is 46.3 Å². The van der Waals surface area contributed by atoms with E-state index < -0.39 is 23.9 Å². The minimum Gasteiger partial charge on any atom is -0.341 e. The minimum atomic E-state index is -4.61. The van der Waals surface area contributed by atoms with Gasteiger partial charge in [-0.25, -0.2) is 24.7 Å². The van der Waals surface area contributed by atoms with E-state index in [9.17, 15) is 22.8 Å². The van der Waals surface area contributed by atoms with Gasteiger partial charge in [0, 0.05) is 31.2 Å². The first-order valence-electron chi connectivity index (χ1n) is 10.2. The molecular formula is C20H21BrF3N9O2. The number of alkyl halides is 3. The highest BCUT2D eigenvalue weighted by atomic mass is 79.9. The highest BCUT2D eigenvalue weighted by Gasteiger charge is 2.33. The van der Waals surface area contributed by atoms with Crippen molar-refractivity contribution in [2.24, 2.45) is 0 Å². The van der Waals surface area contributed by atoms with Gasteiger partial charge in [-0.1, -0.05) is 0 Å². The standard InChI is InChI=1S/C20H21BrF3N9O2/c1-5-31(3)18(34)13-7-16(27-9-26-13)33-17(28-10-29-33)11(2)32(4)19(35)30-14-8-25-15(6-12(14)21)20(22,23)24/h6-11H,5H2,1-4H3,(H,30,35)/t11-/m0/s1. The lowest BCUT2D eigenvalue weighted by Gasteiger charge is -2.25. The second-order valence-electron chi connectivity index (χ2n) is 7.37. The number of pyridine rings is 1. The molecule has 0 bridgehead atoms. The van der Waals surface area contributed by atoms with Crippen molar-refractivity contribution in [2.45, 2.75) is 26.1 Å². The third kappa shape index (κ3) is 5.72. The topological polar surface area (TPSA) is 122 Å². The lowest BCUT2D eigenvalue weighted by atomic mass is 10.2. The maximum atomic E-state index is 12.8. The summed E-state index contributed by atoms with van der Waals surface area (Å²) in [7, 11) is 3.13. The molecule has 0 aliphatic rings. The maximum absolute atomic E-state index is 12.8. The van der Waals surface area contributed by atoms with Gasteiger partial charge in [0.2, 0.25) is 0 Å². The first kappa shape index (κ1) is 26.0. The lowest BCUT2D eigenvalue weighted by molar-refractivity contribution is -0.141. The van der Waals surface area contributed by atoms with Crippen molar-refractivity contribution < 1.29 is 22.8 Å². The van der Waals surface area contributed by atoms with Crippen LogP contribution in [0.5, 0.6) is 0 Å². The molecule has 11 nitrogen and oxygen atoms in total. The van der Waals surface area contributed by atoms with Crippen molar-refractivity contribution in [3.05, 3.63) is 52.7 Å². The lowest BCUT2D eigenvalue weighted by Crippen LogP contribution is -2.35. The van der Waals surface area contributed by atoms with Gasteiger partial charge in [-0.2, -0.15) is 23.0 Å². The molecule has 0 spiro atoms. The van der Waals surface area contributed by atoms with Crippen molar-refractivity contribution in [3.8, 4) is 5.82 Å². The number of nitrogens with zero attached hydrogens (tertiary/aromatic N) is 8. The summed E-state index contributed by atoms with van der Waals surface area (Å²) in [5, 5.41) is 6.66. The van der Waals surface area contributed by atoms with Gasteiger partial charge in [-0.05, 0) is 35.8 Å². The van der Waals surface area contributed by atoms with Crippen LogP contribution >= 0.6 is 15.9 Å². The van der Waals surface area contributed by atoms with Crippen LogP contribution in [0.25, 0.3) is 5.82 Å². The number of hydrogen-bond acceptors (Lipinski definition) is 7. The second-order valence-corrected chi connectivity index (χ2v) is 8.23. The van der Waals surface area contributed by atoms with Crippen LogP contribution in [0.4, 0.5) is 23.7 Å². The Morgan fingerprint density at radius 1 is 1.14 bits per heavy atom. The van der Waals surface area contributed by atoms with Crippen LogP contribution in [0.15, 0.2) is 35.5 Å². The Morgan fingerprint density at radius 3 is 2.49 bits per heavy atom. The van der Waals surface area contributed by atoms with Crippen LogP contribution in [0, 0.1) is 0 Å². The van der Waals surface area contributed by atoms with Gasteiger partial charge in [0.1, 0.15) is 24.0 Å². The summed E-state index contributed by atoms with van der Waals surface area (Å²) < 4.78 is 39.9. The minimum absolute atomic E-state index is 0.0209. The Bertz CT molecular complexity index is 1230. The number of rotatable bonds is 6. The van der Waals surface area contributed by atoms with E-state index in [1.165, 1.54) is 40.3 Å². The molecule has 0 aliphatic heterocycles. The van der Waals surface area contributed by atoms with E-state index in [4.69, 9.17) is 0 Å². The predicted molar refractivity (Wildman–Crippen MR) is 122 cm³/mol. The third-order valence-electron chi connectivity index (χ3n) is 5.14. The average Bonchev–Trinajstić information content (AvgIpc) is 3.32. The van der Waals surface area contributed by atoms with E-state index in [0.717, 1.165) is 12.3 Å². The Balaban J connectivity index is 1.81. The largest absolute Gasteiger partial charge is 0.433 e. The number of aromatic nitrogens is 6. The predicted octanol–water partition coefficient (Wildman–Crippen LogP) is 3.55. The molecule has 0 saturated carbocycles.